The minimum Gasteiger partial charge on any atom is -0.493 e. The molecule has 5 nitrogen and oxygen atoms in total. The molecule has 0 aliphatic carbocycles. The number of benzene rings is 1. The summed E-state index contributed by atoms with van der Waals surface area (Å²) in [6.07, 6.45) is 1.61. The highest BCUT2D eigenvalue weighted by atomic mass is 32.1. The number of nitrogens with zero attached hydrogens (tertiary/aromatic N) is 3. The third kappa shape index (κ3) is 3.73. The van der Waals surface area contributed by atoms with Crippen molar-refractivity contribution < 1.29 is 4.74 Å². The zero-order valence-electron chi connectivity index (χ0n) is 16.4. The van der Waals surface area contributed by atoms with Gasteiger partial charge in [-0.3, -0.25) is 0 Å². The Balaban J connectivity index is 1.46. The number of rotatable bonds is 7. The van der Waals surface area contributed by atoms with Crippen molar-refractivity contribution in [1.29, 1.82) is 0 Å². The number of thiophene rings is 1. The van der Waals surface area contributed by atoms with Gasteiger partial charge >= 0.3 is 0 Å². The van der Waals surface area contributed by atoms with Crippen LogP contribution in [0.15, 0.2) is 48.1 Å². The molecule has 1 aromatic carbocycles. The van der Waals surface area contributed by atoms with E-state index in [1.165, 1.54) is 22.2 Å². The fourth-order valence-corrected chi connectivity index (χ4v) is 4.24. The Hall–Kier alpha value is -2.86. The number of hydrogen-bond donors (Lipinski definition) is 1. The van der Waals surface area contributed by atoms with Crippen molar-refractivity contribution in [2.24, 2.45) is 0 Å². The van der Waals surface area contributed by atoms with Gasteiger partial charge in [-0.2, -0.15) is 0 Å². The zero-order chi connectivity index (χ0) is 19.5. The largest absolute Gasteiger partial charge is 0.493 e. The van der Waals surface area contributed by atoms with Gasteiger partial charge in [0.05, 0.1) is 17.2 Å². The van der Waals surface area contributed by atoms with Gasteiger partial charge in [-0.1, -0.05) is 12.1 Å². The van der Waals surface area contributed by atoms with Gasteiger partial charge in [0, 0.05) is 47.2 Å². The van der Waals surface area contributed by atoms with Crippen LogP contribution in [0.1, 0.15) is 18.2 Å². The molecule has 0 aliphatic heterocycles. The second-order valence-electron chi connectivity index (χ2n) is 6.74. The molecular formula is C22H24N4OS. The van der Waals surface area contributed by atoms with Gasteiger partial charge in [-0.05, 0) is 38.5 Å². The summed E-state index contributed by atoms with van der Waals surface area (Å²) in [5.74, 6) is 1.72. The Morgan fingerprint density at radius 2 is 2.04 bits per heavy atom. The molecule has 0 bridgehead atoms. The van der Waals surface area contributed by atoms with Crippen LogP contribution >= 0.6 is 11.3 Å². The molecule has 3 aromatic heterocycles. The minimum absolute atomic E-state index is 0.666. The predicted octanol–water partition coefficient (Wildman–Crippen LogP) is 5.29. The molecule has 6 heteroatoms. The quantitative estimate of drug-likeness (QED) is 0.464. The molecule has 4 aromatic rings. The molecule has 3 heterocycles. The molecule has 0 radical (unpaired) electrons. The molecule has 0 saturated carbocycles. The summed E-state index contributed by atoms with van der Waals surface area (Å²) in [6.45, 7) is 8.65. The molecule has 144 valence electrons. The maximum absolute atomic E-state index is 5.55. The average Bonchev–Trinajstić information content (AvgIpc) is 3.28. The van der Waals surface area contributed by atoms with Gasteiger partial charge < -0.3 is 14.6 Å². The van der Waals surface area contributed by atoms with Crippen LogP contribution in [0, 0.1) is 13.8 Å². The monoisotopic (exact) mass is 392 g/mol. The summed E-state index contributed by atoms with van der Waals surface area (Å²) in [4.78, 5) is 9.85. The summed E-state index contributed by atoms with van der Waals surface area (Å²) in [6, 6.07) is 12.7. The highest BCUT2D eigenvalue weighted by Gasteiger charge is 2.08. The molecule has 0 aliphatic rings. The predicted molar refractivity (Wildman–Crippen MR) is 116 cm³/mol. The maximum atomic E-state index is 5.55. The lowest BCUT2D eigenvalue weighted by molar-refractivity contribution is 0.342. The van der Waals surface area contributed by atoms with Crippen molar-refractivity contribution in [3.05, 3.63) is 59.4 Å². The van der Waals surface area contributed by atoms with Crippen molar-refractivity contribution in [3.8, 4) is 16.3 Å². The van der Waals surface area contributed by atoms with Crippen LogP contribution in [0.3, 0.4) is 0 Å². The highest BCUT2D eigenvalue weighted by Crippen LogP contribution is 2.30. The lowest BCUT2D eigenvalue weighted by Gasteiger charge is -2.10. The molecule has 0 unspecified atom stereocenters. The second kappa shape index (κ2) is 8.02. The lowest BCUT2D eigenvalue weighted by Crippen LogP contribution is -2.12. The van der Waals surface area contributed by atoms with Gasteiger partial charge in [0.1, 0.15) is 17.9 Å². The van der Waals surface area contributed by atoms with Gasteiger partial charge in [0.2, 0.25) is 0 Å². The number of anilines is 1. The Morgan fingerprint density at radius 1 is 1.14 bits per heavy atom. The van der Waals surface area contributed by atoms with Gasteiger partial charge in [-0.15, -0.1) is 11.3 Å². The Bertz CT molecular complexity index is 1100. The summed E-state index contributed by atoms with van der Waals surface area (Å²) >= 11 is 1.63. The summed E-state index contributed by atoms with van der Waals surface area (Å²) in [7, 11) is 0. The second-order valence-corrected chi connectivity index (χ2v) is 7.65. The zero-order valence-corrected chi connectivity index (χ0v) is 17.2. The van der Waals surface area contributed by atoms with E-state index in [1.54, 1.807) is 17.7 Å². The van der Waals surface area contributed by atoms with Gasteiger partial charge in [-0.25, -0.2) is 9.97 Å². The fourth-order valence-electron chi connectivity index (χ4n) is 3.44. The Kier molecular flexibility index (Phi) is 5.30. The first kappa shape index (κ1) is 18.5. The number of hydrogen-bond acceptors (Lipinski definition) is 5. The van der Waals surface area contributed by atoms with Crippen LogP contribution in [0.5, 0.6) is 5.75 Å². The molecule has 28 heavy (non-hydrogen) atoms. The summed E-state index contributed by atoms with van der Waals surface area (Å²) in [5.41, 5.74) is 4.78. The van der Waals surface area contributed by atoms with E-state index in [9.17, 15) is 0 Å². The molecule has 4 rings (SSSR count). The molecule has 1 N–H and O–H groups in total. The average molecular weight is 393 g/mol. The van der Waals surface area contributed by atoms with Crippen molar-refractivity contribution in [2.45, 2.75) is 27.3 Å². The first-order valence-electron chi connectivity index (χ1n) is 9.49. The summed E-state index contributed by atoms with van der Waals surface area (Å²) < 4.78 is 7.90. The Labute approximate surface area is 169 Å². The minimum atomic E-state index is 0.666. The van der Waals surface area contributed by atoms with Crippen LogP contribution in [-0.2, 0) is 6.54 Å². The molecule has 0 amide bonds. The van der Waals surface area contributed by atoms with E-state index in [-0.39, 0.29) is 0 Å². The number of aryl methyl sites for hydroxylation is 2. The van der Waals surface area contributed by atoms with E-state index in [0.29, 0.717) is 6.61 Å². The standard InChI is InChI=1S/C22H24N4OS/c1-4-27-17-11-21(28-13-17)19-12-22(25-14-24-19)23-8-9-26-16(3)10-18-15(2)6-5-7-20(18)26/h5-7,10-14H,4,8-9H2,1-3H3,(H,23,24,25). The SMILES string of the molecule is CCOc1csc(-c2cc(NCCn3c(C)cc4c(C)cccc43)ncn2)c1. The van der Waals surface area contributed by atoms with Crippen LogP contribution in [-0.4, -0.2) is 27.7 Å². The van der Waals surface area contributed by atoms with Crippen molar-refractivity contribution in [1.82, 2.24) is 14.5 Å². The van der Waals surface area contributed by atoms with Gasteiger partial charge in [0.25, 0.3) is 0 Å². The molecule has 0 spiro atoms. The van der Waals surface area contributed by atoms with E-state index in [1.807, 2.05) is 24.4 Å². The molecule has 0 atom stereocenters. The van der Waals surface area contributed by atoms with E-state index < -0.39 is 0 Å². The van der Waals surface area contributed by atoms with Crippen LogP contribution < -0.4 is 10.1 Å². The van der Waals surface area contributed by atoms with E-state index in [2.05, 4.69) is 58.0 Å². The smallest absolute Gasteiger partial charge is 0.130 e. The molecule has 0 fully saturated rings. The third-order valence-corrected chi connectivity index (χ3v) is 5.75. The van der Waals surface area contributed by atoms with E-state index in [0.717, 1.165) is 35.2 Å². The van der Waals surface area contributed by atoms with Crippen molar-refractivity contribution in [2.75, 3.05) is 18.5 Å². The normalized spacial score (nSPS) is 11.1. The van der Waals surface area contributed by atoms with E-state index in [4.69, 9.17) is 4.74 Å². The topological polar surface area (TPSA) is 52.0 Å². The van der Waals surface area contributed by atoms with Crippen molar-refractivity contribution >= 4 is 28.1 Å². The first-order chi connectivity index (χ1) is 13.7. The number of aromatic nitrogens is 3. The maximum Gasteiger partial charge on any atom is 0.130 e. The fraction of sp³-hybridized carbons (Fsp3) is 0.273. The highest BCUT2D eigenvalue weighted by molar-refractivity contribution is 7.13. The first-order valence-corrected chi connectivity index (χ1v) is 10.4. The van der Waals surface area contributed by atoms with Crippen LogP contribution in [0.2, 0.25) is 0 Å². The Morgan fingerprint density at radius 3 is 2.89 bits per heavy atom. The third-order valence-electron chi connectivity index (χ3n) is 4.82. The van der Waals surface area contributed by atoms with Crippen LogP contribution in [0.25, 0.3) is 21.5 Å². The number of fused-ring (bicyclic) bond motifs is 1. The van der Waals surface area contributed by atoms with E-state index >= 15 is 0 Å². The van der Waals surface area contributed by atoms with Crippen LogP contribution in [0.4, 0.5) is 5.82 Å². The molecular weight excluding hydrogens is 368 g/mol. The number of ether oxygens (including phenoxy) is 1. The van der Waals surface area contributed by atoms with Crippen molar-refractivity contribution in [3.63, 3.8) is 0 Å². The molecule has 0 saturated heterocycles. The summed E-state index contributed by atoms with van der Waals surface area (Å²) in [5, 5.41) is 6.77. The van der Waals surface area contributed by atoms with Gasteiger partial charge in [0.15, 0.2) is 0 Å². The lowest BCUT2D eigenvalue weighted by atomic mass is 10.1. The number of nitrogens with one attached hydrogen (secondary N) is 1.